The average molecular weight is 293 g/mol. The van der Waals surface area contributed by atoms with Crippen molar-refractivity contribution in [1.29, 1.82) is 0 Å². The van der Waals surface area contributed by atoms with Crippen LogP contribution in [0, 0.1) is 5.82 Å². The van der Waals surface area contributed by atoms with Crippen LogP contribution in [0.5, 0.6) is 0 Å². The molecule has 0 aromatic heterocycles. The normalized spacial score (nSPS) is 21.7. The summed E-state index contributed by atoms with van der Waals surface area (Å²) in [6.45, 7) is 0.937. The Balaban J connectivity index is 2.36. The largest absolute Gasteiger partial charge is 0.310 e. The number of nitrogens with one attached hydrogen (secondary N) is 1. The molecule has 1 aliphatic rings. The van der Waals surface area contributed by atoms with Gasteiger partial charge in [0.15, 0.2) is 0 Å². The molecule has 2 rings (SSSR count). The number of rotatable bonds is 1. The third kappa shape index (κ3) is 2.35. The van der Waals surface area contributed by atoms with Gasteiger partial charge in [-0.25, -0.2) is 4.39 Å². The topological polar surface area (TPSA) is 12.0 Å². The van der Waals surface area contributed by atoms with E-state index in [0.717, 1.165) is 30.3 Å². The van der Waals surface area contributed by atoms with Gasteiger partial charge < -0.3 is 5.32 Å². The molecular formula is C11H12BrClFN. The molecule has 1 aromatic carbocycles. The Morgan fingerprint density at radius 1 is 1.40 bits per heavy atom. The van der Waals surface area contributed by atoms with Gasteiger partial charge in [0.2, 0.25) is 0 Å². The van der Waals surface area contributed by atoms with Crippen molar-refractivity contribution in [2.45, 2.75) is 25.3 Å². The van der Waals surface area contributed by atoms with Crippen LogP contribution in [-0.2, 0) is 0 Å². The first kappa shape index (κ1) is 11.4. The summed E-state index contributed by atoms with van der Waals surface area (Å²) in [5.41, 5.74) is 0.603. The van der Waals surface area contributed by atoms with Crippen LogP contribution in [0.1, 0.15) is 30.9 Å². The predicted octanol–water partition coefficient (Wildman–Crippen LogP) is 4.06. The minimum Gasteiger partial charge on any atom is -0.310 e. The van der Waals surface area contributed by atoms with Crippen LogP contribution in [0.4, 0.5) is 4.39 Å². The quantitative estimate of drug-likeness (QED) is 0.770. The van der Waals surface area contributed by atoms with Crippen molar-refractivity contribution in [2.24, 2.45) is 0 Å². The summed E-state index contributed by atoms with van der Waals surface area (Å²) in [7, 11) is 0. The van der Waals surface area contributed by atoms with E-state index in [2.05, 4.69) is 21.2 Å². The zero-order valence-corrected chi connectivity index (χ0v) is 10.5. The molecule has 0 bridgehead atoms. The van der Waals surface area contributed by atoms with Crippen LogP contribution in [0.3, 0.4) is 0 Å². The van der Waals surface area contributed by atoms with Crippen molar-refractivity contribution in [2.75, 3.05) is 6.54 Å². The Morgan fingerprint density at radius 3 is 2.87 bits per heavy atom. The first-order valence-corrected chi connectivity index (χ1v) is 6.24. The Kier molecular flexibility index (Phi) is 3.65. The minimum atomic E-state index is -0.220. The molecule has 1 saturated heterocycles. The fraction of sp³-hybridized carbons (Fsp3) is 0.455. The molecule has 1 fully saturated rings. The monoisotopic (exact) mass is 291 g/mol. The lowest BCUT2D eigenvalue weighted by atomic mass is 9.97. The van der Waals surface area contributed by atoms with Crippen LogP contribution in [0.15, 0.2) is 16.6 Å². The smallest absolute Gasteiger partial charge is 0.129 e. The molecule has 0 aliphatic carbocycles. The summed E-state index contributed by atoms with van der Waals surface area (Å²) in [6.07, 6.45) is 3.23. The second kappa shape index (κ2) is 4.81. The molecule has 15 heavy (non-hydrogen) atoms. The van der Waals surface area contributed by atoms with Gasteiger partial charge in [-0.15, -0.1) is 0 Å². The Hall–Kier alpha value is -0.120. The predicted molar refractivity (Wildman–Crippen MR) is 63.7 cm³/mol. The highest BCUT2D eigenvalue weighted by atomic mass is 79.9. The molecule has 0 saturated carbocycles. The molecule has 4 heteroatoms. The van der Waals surface area contributed by atoms with Crippen molar-refractivity contribution in [3.63, 3.8) is 0 Å². The highest BCUT2D eigenvalue weighted by Crippen LogP contribution is 2.35. The SMILES string of the molecule is Fc1ccc(Br)c(Cl)c1C1CCCCN1. The van der Waals surface area contributed by atoms with E-state index >= 15 is 0 Å². The molecule has 1 N–H and O–H groups in total. The van der Waals surface area contributed by atoms with Crippen LogP contribution in [-0.4, -0.2) is 6.54 Å². The molecule has 1 nitrogen and oxygen atoms in total. The number of hydrogen-bond acceptors (Lipinski definition) is 1. The van der Waals surface area contributed by atoms with Crippen LogP contribution < -0.4 is 5.32 Å². The third-order valence-electron chi connectivity index (χ3n) is 2.74. The maximum Gasteiger partial charge on any atom is 0.129 e. The molecule has 0 spiro atoms. The van der Waals surface area contributed by atoms with Crippen molar-refractivity contribution in [3.05, 3.63) is 33.0 Å². The van der Waals surface area contributed by atoms with Gasteiger partial charge in [-0.1, -0.05) is 18.0 Å². The molecule has 1 aliphatic heterocycles. The first-order valence-electron chi connectivity index (χ1n) is 5.07. The number of hydrogen-bond donors (Lipinski definition) is 1. The van der Waals surface area contributed by atoms with Gasteiger partial charge in [0.25, 0.3) is 0 Å². The van der Waals surface area contributed by atoms with E-state index in [1.54, 1.807) is 6.07 Å². The summed E-state index contributed by atoms with van der Waals surface area (Å²) >= 11 is 9.43. The lowest BCUT2D eigenvalue weighted by Crippen LogP contribution is -2.27. The fourth-order valence-corrected chi connectivity index (χ4v) is 2.59. The maximum atomic E-state index is 13.7. The van der Waals surface area contributed by atoms with E-state index in [4.69, 9.17) is 11.6 Å². The van der Waals surface area contributed by atoms with E-state index in [9.17, 15) is 4.39 Å². The van der Waals surface area contributed by atoms with Gasteiger partial charge in [-0.05, 0) is 47.4 Å². The van der Waals surface area contributed by atoms with Crippen molar-refractivity contribution in [3.8, 4) is 0 Å². The fourth-order valence-electron chi connectivity index (χ4n) is 1.96. The lowest BCUT2D eigenvalue weighted by Gasteiger charge is -2.25. The summed E-state index contributed by atoms with van der Waals surface area (Å²) in [5.74, 6) is -0.220. The van der Waals surface area contributed by atoms with Crippen molar-refractivity contribution < 1.29 is 4.39 Å². The van der Waals surface area contributed by atoms with Gasteiger partial charge in [0.1, 0.15) is 5.82 Å². The van der Waals surface area contributed by atoms with E-state index in [1.807, 2.05) is 0 Å². The van der Waals surface area contributed by atoms with E-state index in [1.165, 1.54) is 6.07 Å². The van der Waals surface area contributed by atoms with Gasteiger partial charge in [0.05, 0.1) is 5.02 Å². The Morgan fingerprint density at radius 2 is 2.20 bits per heavy atom. The standard InChI is InChI=1S/C11H12BrClFN/c12-7-4-5-8(14)10(11(7)13)9-3-1-2-6-15-9/h4-5,9,15H,1-3,6H2. The Labute approximate surface area is 102 Å². The van der Waals surface area contributed by atoms with Crippen LogP contribution >= 0.6 is 27.5 Å². The van der Waals surface area contributed by atoms with Gasteiger partial charge in [-0.2, -0.15) is 0 Å². The highest BCUT2D eigenvalue weighted by molar-refractivity contribution is 9.10. The van der Waals surface area contributed by atoms with E-state index in [0.29, 0.717) is 10.6 Å². The number of piperidine rings is 1. The van der Waals surface area contributed by atoms with Crippen molar-refractivity contribution in [1.82, 2.24) is 5.32 Å². The number of benzene rings is 1. The summed E-state index contributed by atoms with van der Waals surface area (Å²) in [6, 6.07) is 3.16. The average Bonchev–Trinajstić information content (AvgIpc) is 2.26. The summed E-state index contributed by atoms with van der Waals surface area (Å²) < 4.78 is 14.4. The van der Waals surface area contributed by atoms with Crippen molar-refractivity contribution >= 4 is 27.5 Å². The maximum absolute atomic E-state index is 13.7. The molecule has 1 heterocycles. The summed E-state index contributed by atoms with van der Waals surface area (Å²) in [5, 5.41) is 3.79. The highest BCUT2D eigenvalue weighted by Gasteiger charge is 2.22. The first-order chi connectivity index (χ1) is 7.20. The molecule has 0 radical (unpaired) electrons. The molecular weight excluding hydrogens is 280 g/mol. The van der Waals surface area contributed by atoms with E-state index in [-0.39, 0.29) is 11.9 Å². The lowest BCUT2D eigenvalue weighted by molar-refractivity contribution is 0.400. The molecule has 1 unspecified atom stereocenters. The molecule has 0 amide bonds. The minimum absolute atomic E-state index is 0.0590. The zero-order valence-electron chi connectivity index (χ0n) is 8.19. The number of halogens is 3. The van der Waals surface area contributed by atoms with Crippen LogP contribution in [0.2, 0.25) is 5.02 Å². The van der Waals surface area contributed by atoms with E-state index < -0.39 is 0 Å². The molecule has 1 atom stereocenters. The second-order valence-electron chi connectivity index (χ2n) is 3.76. The Bertz CT molecular complexity index is 364. The zero-order chi connectivity index (χ0) is 10.8. The van der Waals surface area contributed by atoms with Gasteiger partial charge in [-0.3, -0.25) is 0 Å². The summed E-state index contributed by atoms with van der Waals surface area (Å²) in [4.78, 5) is 0. The molecule has 82 valence electrons. The van der Waals surface area contributed by atoms with Crippen LogP contribution in [0.25, 0.3) is 0 Å². The van der Waals surface area contributed by atoms with Gasteiger partial charge >= 0.3 is 0 Å². The van der Waals surface area contributed by atoms with Gasteiger partial charge in [0, 0.05) is 16.1 Å². The third-order valence-corrected chi connectivity index (χ3v) is 4.03. The second-order valence-corrected chi connectivity index (χ2v) is 4.99. The molecule has 1 aromatic rings.